The molecule has 0 unspecified atom stereocenters. The van der Waals surface area contributed by atoms with Crippen molar-refractivity contribution in [3.05, 3.63) is 83.1 Å². The van der Waals surface area contributed by atoms with E-state index in [0.717, 1.165) is 12.1 Å². The van der Waals surface area contributed by atoms with E-state index in [4.69, 9.17) is 0 Å². The molecule has 0 radical (unpaired) electrons. The van der Waals surface area contributed by atoms with Gasteiger partial charge in [0, 0.05) is 5.70 Å². The lowest BCUT2D eigenvalue weighted by Crippen LogP contribution is -2.36. The number of aryl methyl sites for hydroxylation is 1. The zero-order valence-corrected chi connectivity index (χ0v) is 15.6. The molecule has 0 amide bonds. The van der Waals surface area contributed by atoms with Crippen LogP contribution >= 0.6 is 0 Å². The second-order valence-corrected chi connectivity index (χ2v) is 6.69. The monoisotopic (exact) mass is 309 g/mol. The van der Waals surface area contributed by atoms with Crippen LogP contribution in [0.1, 0.15) is 52.2 Å². The van der Waals surface area contributed by atoms with Crippen molar-refractivity contribution >= 4 is 0 Å². The maximum Gasteiger partial charge on any atom is 0.0569 e. The molecule has 0 atom stereocenters. The number of rotatable bonds is 7. The fraction of sp³-hybridized carbons (Fsp3) is 0.364. The predicted molar refractivity (Wildman–Crippen MR) is 103 cm³/mol. The van der Waals surface area contributed by atoms with E-state index in [0.29, 0.717) is 0 Å². The molecule has 0 bridgehead atoms. The Morgan fingerprint density at radius 2 is 1.91 bits per heavy atom. The quantitative estimate of drug-likeness (QED) is 0.592. The van der Waals surface area contributed by atoms with E-state index < -0.39 is 0 Å². The normalized spacial score (nSPS) is 13.4. The molecule has 0 saturated heterocycles. The predicted octanol–water partition coefficient (Wildman–Crippen LogP) is 6.19. The van der Waals surface area contributed by atoms with Crippen LogP contribution in [-0.4, -0.2) is 0 Å². The van der Waals surface area contributed by atoms with E-state index in [1.165, 1.54) is 27.8 Å². The molecule has 23 heavy (non-hydrogen) atoms. The summed E-state index contributed by atoms with van der Waals surface area (Å²) in [6.07, 6.45) is 5.05. The number of hydrogen-bond acceptors (Lipinski definition) is 1. The standard InChI is InChI=1S/C22H31N/c1-9-16(3)14-20(10-2)18(5)19(6)23-22(7,8)21-13-11-12-17(4)15-21/h9,11-15,23H,1,6,10H2,2-5,7-8H3/b16-14-,20-18+. The Bertz CT molecular complexity index is 642. The highest BCUT2D eigenvalue weighted by Gasteiger charge is 2.21. The van der Waals surface area contributed by atoms with Crippen LogP contribution in [0.4, 0.5) is 0 Å². The molecule has 1 N–H and O–H groups in total. The Balaban J connectivity index is 3.07. The minimum absolute atomic E-state index is 0.166. The van der Waals surface area contributed by atoms with E-state index in [1.807, 2.05) is 6.08 Å². The van der Waals surface area contributed by atoms with Crippen LogP contribution in [0.2, 0.25) is 0 Å². The lowest BCUT2D eigenvalue weighted by atomic mass is 9.91. The third kappa shape index (κ3) is 5.28. The summed E-state index contributed by atoms with van der Waals surface area (Å²) < 4.78 is 0. The number of benzene rings is 1. The molecule has 1 aromatic carbocycles. The topological polar surface area (TPSA) is 12.0 Å². The van der Waals surface area contributed by atoms with Crippen LogP contribution in [0, 0.1) is 6.92 Å². The Hall–Kier alpha value is -2.02. The molecule has 0 spiro atoms. The second-order valence-electron chi connectivity index (χ2n) is 6.69. The van der Waals surface area contributed by atoms with E-state index in [-0.39, 0.29) is 5.54 Å². The summed E-state index contributed by atoms with van der Waals surface area (Å²) in [4.78, 5) is 0. The van der Waals surface area contributed by atoms with E-state index in [2.05, 4.69) is 90.4 Å². The number of allylic oxidation sites excluding steroid dienone is 5. The molecule has 1 rings (SSSR count). The van der Waals surface area contributed by atoms with Gasteiger partial charge in [-0.3, -0.25) is 0 Å². The van der Waals surface area contributed by atoms with Gasteiger partial charge in [0.15, 0.2) is 0 Å². The second kappa shape index (κ2) is 8.01. The van der Waals surface area contributed by atoms with Gasteiger partial charge in [0.25, 0.3) is 0 Å². The lowest BCUT2D eigenvalue weighted by molar-refractivity contribution is 0.452. The highest BCUT2D eigenvalue weighted by atomic mass is 15.0. The largest absolute Gasteiger partial charge is 0.376 e. The van der Waals surface area contributed by atoms with Crippen LogP contribution < -0.4 is 5.32 Å². The maximum atomic E-state index is 4.27. The van der Waals surface area contributed by atoms with Gasteiger partial charge in [0.05, 0.1) is 5.54 Å². The Labute approximate surface area is 142 Å². The lowest BCUT2D eigenvalue weighted by Gasteiger charge is -2.30. The molecule has 0 aliphatic carbocycles. The summed E-state index contributed by atoms with van der Waals surface area (Å²) in [5, 5.41) is 3.60. The number of nitrogens with one attached hydrogen (secondary N) is 1. The first-order chi connectivity index (χ1) is 10.7. The molecule has 0 heterocycles. The molecule has 124 valence electrons. The van der Waals surface area contributed by atoms with Crippen LogP contribution in [0.3, 0.4) is 0 Å². The van der Waals surface area contributed by atoms with Gasteiger partial charge < -0.3 is 5.32 Å². The van der Waals surface area contributed by atoms with Crippen molar-refractivity contribution in [2.45, 2.75) is 53.5 Å². The molecule has 1 aromatic rings. The molecular weight excluding hydrogens is 278 g/mol. The van der Waals surface area contributed by atoms with Gasteiger partial charge in [-0.05, 0) is 57.7 Å². The summed E-state index contributed by atoms with van der Waals surface area (Å²) in [5.41, 5.74) is 7.01. The summed E-state index contributed by atoms with van der Waals surface area (Å²) in [7, 11) is 0. The smallest absolute Gasteiger partial charge is 0.0569 e. The fourth-order valence-corrected chi connectivity index (χ4v) is 2.58. The van der Waals surface area contributed by atoms with Crippen LogP contribution in [-0.2, 0) is 5.54 Å². The molecule has 1 heteroatoms. The number of hydrogen-bond donors (Lipinski definition) is 1. The van der Waals surface area contributed by atoms with Crippen molar-refractivity contribution in [2.75, 3.05) is 0 Å². The third-order valence-electron chi connectivity index (χ3n) is 4.24. The molecular formula is C22H31N. The highest BCUT2D eigenvalue weighted by molar-refractivity contribution is 5.40. The van der Waals surface area contributed by atoms with Crippen molar-refractivity contribution in [2.24, 2.45) is 0 Å². The van der Waals surface area contributed by atoms with Crippen LogP contribution in [0.25, 0.3) is 0 Å². The van der Waals surface area contributed by atoms with Crippen molar-refractivity contribution in [3.63, 3.8) is 0 Å². The zero-order chi connectivity index (χ0) is 17.6. The minimum Gasteiger partial charge on any atom is -0.376 e. The fourth-order valence-electron chi connectivity index (χ4n) is 2.58. The molecule has 0 saturated carbocycles. The average Bonchev–Trinajstić information content (AvgIpc) is 2.51. The van der Waals surface area contributed by atoms with Crippen molar-refractivity contribution in [1.29, 1.82) is 0 Å². The average molecular weight is 309 g/mol. The van der Waals surface area contributed by atoms with E-state index >= 15 is 0 Å². The molecule has 0 fully saturated rings. The Morgan fingerprint density at radius 1 is 1.26 bits per heavy atom. The maximum absolute atomic E-state index is 4.27. The molecule has 0 aromatic heterocycles. The van der Waals surface area contributed by atoms with Crippen molar-refractivity contribution < 1.29 is 0 Å². The van der Waals surface area contributed by atoms with Crippen LogP contribution in [0.5, 0.6) is 0 Å². The minimum atomic E-state index is -0.166. The van der Waals surface area contributed by atoms with Gasteiger partial charge in [0.2, 0.25) is 0 Å². The molecule has 0 aliphatic heterocycles. The van der Waals surface area contributed by atoms with E-state index in [9.17, 15) is 0 Å². The molecule has 0 aliphatic rings. The van der Waals surface area contributed by atoms with Crippen molar-refractivity contribution in [1.82, 2.24) is 5.32 Å². The van der Waals surface area contributed by atoms with Crippen molar-refractivity contribution in [3.8, 4) is 0 Å². The summed E-state index contributed by atoms with van der Waals surface area (Å²) in [6.45, 7) is 21.0. The Morgan fingerprint density at radius 3 is 2.43 bits per heavy atom. The molecule has 1 nitrogen and oxygen atoms in total. The van der Waals surface area contributed by atoms with Gasteiger partial charge in [-0.25, -0.2) is 0 Å². The van der Waals surface area contributed by atoms with Gasteiger partial charge in [0.1, 0.15) is 0 Å². The van der Waals surface area contributed by atoms with Gasteiger partial charge in [-0.15, -0.1) is 0 Å². The zero-order valence-electron chi connectivity index (χ0n) is 15.6. The van der Waals surface area contributed by atoms with Crippen LogP contribution in [0.15, 0.2) is 72.0 Å². The summed E-state index contributed by atoms with van der Waals surface area (Å²) >= 11 is 0. The third-order valence-corrected chi connectivity index (χ3v) is 4.24. The van der Waals surface area contributed by atoms with Gasteiger partial charge in [-0.1, -0.05) is 67.6 Å². The first-order valence-electron chi connectivity index (χ1n) is 8.26. The van der Waals surface area contributed by atoms with Gasteiger partial charge >= 0.3 is 0 Å². The summed E-state index contributed by atoms with van der Waals surface area (Å²) in [5.74, 6) is 0. The van der Waals surface area contributed by atoms with Gasteiger partial charge in [-0.2, -0.15) is 0 Å². The highest BCUT2D eigenvalue weighted by Crippen LogP contribution is 2.25. The SMILES string of the molecule is C=C/C(C)=C\C(CC)=C(/C)C(=C)NC(C)(C)c1cccc(C)c1. The first-order valence-corrected chi connectivity index (χ1v) is 8.26. The Kier molecular flexibility index (Phi) is 6.62. The summed E-state index contributed by atoms with van der Waals surface area (Å²) in [6, 6.07) is 8.61. The first kappa shape index (κ1) is 19.0. The van der Waals surface area contributed by atoms with E-state index in [1.54, 1.807) is 0 Å².